The number of nitrogens with one attached hydrogen (secondary N) is 1. The Kier molecular flexibility index (Phi) is 3.87. The number of carbonyl (C=O) groups excluding carboxylic acids is 1. The average Bonchev–Trinajstić information content (AvgIpc) is 2.89. The van der Waals surface area contributed by atoms with E-state index in [0.29, 0.717) is 16.9 Å². The molecule has 0 atom stereocenters. The summed E-state index contributed by atoms with van der Waals surface area (Å²) in [4.78, 5) is 15.9. The fraction of sp³-hybridized carbons (Fsp3) is 0.0625. The summed E-state index contributed by atoms with van der Waals surface area (Å²) in [5.74, 6) is 0.488. The number of halogens is 2. The molecule has 2 aromatic carbocycles. The van der Waals surface area contributed by atoms with Crippen LogP contribution in [0.2, 0.25) is 0 Å². The normalized spacial score (nSPS) is 10.8. The van der Waals surface area contributed by atoms with Gasteiger partial charge in [0.05, 0.1) is 12.7 Å². The van der Waals surface area contributed by atoms with Crippen LogP contribution in [-0.4, -0.2) is 17.9 Å². The quantitative estimate of drug-likeness (QED) is 0.624. The number of aromatic amines is 1. The van der Waals surface area contributed by atoms with E-state index in [4.69, 9.17) is 4.74 Å². The number of H-pyrrole nitrogens is 1. The second-order valence-electron chi connectivity index (χ2n) is 4.57. The van der Waals surface area contributed by atoms with Crippen LogP contribution in [0.3, 0.4) is 0 Å². The van der Waals surface area contributed by atoms with Gasteiger partial charge in [-0.15, -0.1) is 0 Å². The number of methoxy groups -OCH3 is 1. The minimum atomic E-state index is -0.0660. The molecule has 0 radical (unpaired) electrons. The van der Waals surface area contributed by atoms with Crippen molar-refractivity contribution in [2.24, 2.45) is 0 Å². The van der Waals surface area contributed by atoms with Crippen LogP contribution in [0.4, 0.5) is 0 Å². The monoisotopic (exact) mass is 407 g/mol. The Balaban J connectivity index is 2.15. The van der Waals surface area contributed by atoms with Gasteiger partial charge in [-0.2, -0.15) is 0 Å². The van der Waals surface area contributed by atoms with Crippen molar-refractivity contribution < 1.29 is 9.53 Å². The van der Waals surface area contributed by atoms with Crippen molar-refractivity contribution in [3.05, 3.63) is 62.7 Å². The number of aromatic nitrogens is 1. The van der Waals surface area contributed by atoms with E-state index in [1.807, 2.05) is 24.3 Å². The van der Waals surface area contributed by atoms with E-state index < -0.39 is 0 Å². The van der Waals surface area contributed by atoms with E-state index in [1.54, 1.807) is 25.4 Å². The van der Waals surface area contributed by atoms with E-state index in [0.717, 1.165) is 19.8 Å². The first-order chi connectivity index (χ1) is 10.1. The largest absolute Gasteiger partial charge is 0.496 e. The van der Waals surface area contributed by atoms with Crippen molar-refractivity contribution in [2.45, 2.75) is 0 Å². The molecule has 0 unspecified atom stereocenters. The number of hydrogen-bond donors (Lipinski definition) is 1. The van der Waals surface area contributed by atoms with Gasteiger partial charge in [0.1, 0.15) is 5.75 Å². The Morgan fingerprint density at radius 1 is 1.05 bits per heavy atom. The summed E-state index contributed by atoms with van der Waals surface area (Å²) < 4.78 is 7.12. The van der Waals surface area contributed by atoms with Crippen LogP contribution in [-0.2, 0) is 0 Å². The van der Waals surface area contributed by atoms with Crippen LogP contribution < -0.4 is 4.74 Å². The highest BCUT2D eigenvalue weighted by Gasteiger charge is 2.18. The van der Waals surface area contributed by atoms with Gasteiger partial charge in [0.25, 0.3) is 0 Å². The molecule has 106 valence electrons. The molecule has 0 saturated heterocycles. The number of ether oxygens (including phenoxy) is 1. The molecule has 3 aromatic rings. The number of hydrogen-bond acceptors (Lipinski definition) is 2. The van der Waals surface area contributed by atoms with Crippen molar-refractivity contribution in [1.82, 2.24) is 4.98 Å². The molecule has 0 spiro atoms. The number of ketones is 1. The second-order valence-corrected chi connectivity index (χ2v) is 6.40. The molecule has 0 aliphatic carbocycles. The van der Waals surface area contributed by atoms with Gasteiger partial charge < -0.3 is 9.72 Å². The molecule has 0 fully saturated rings. The summed E-state index contributed by atoms with van der Waals surface area (Å²) in [5, 5.41) is 0.888. The van der Waals surface area contributed by atoms with Crippen LogP contribution in [0, 0.1) is 0 Å². The molecule has 21 heavy (non-hydrogen) atoms. The Labute approximate surface area is 138 Å². The van der Waals surface area contributed by atoms with Crippen LogP contribution in [0.25, 0.3) is 10.9 Å². The summed E-state index contributed by atoms with van der Waals surface area (Å²) in [7, 11) is 1.56. The summed E-state index contributed by atoms with van der Waals surface area (Å²) in [6, 6.07) is 11.2. The van der Waals surface area contributed by atoms with Crippen molar-refractivity contribution in [3.63, 3.8) is 0 Å². The molecule has 3 nitrogen and oxygen atoms in total. The Morgan fingerprint density at radius 3 is 2.52 bits per heavy atom. The van der Waals surface area contributed by atoms with Crippen molar-refractivity contribution in [1.29, 1.82) is 0 Å². The molecule has 3 rings (SSSR count). The number of carbonyl (C=O) groups is 1. The lowest BCUT2D eigenvalue weighted by Crippen LogP contribution is -2.03. The Hall–Kier alpha value is -1.59. The highest BCUT2D eigenvalue weighted by molar-refractivity contribution is 9.10. The van der Waals surface area contributed by atoms with Crippen LogP contribution >= 0.6 is 31.9 Å². The van der Waals surface area contributed by atoms with Gasteiger partial charge >= 0.3 is 0 Å². The maximum Gasteiger partial charge on any atom is 0.198 e. The van der Waals surface area contributed by atoms with Gasteiger partial charge in [-0.1, -0.05) is 31.9 Å². The molecule has 5 heteroatoms. The summed E-state index contributed by atoms with van der Waals surface area (Å²) >= 11 is 6.82. The van der Waals surface area contributed by atoms with Gasteiger partial charge in [-0.25, -0.2) is 0 Å². The van der Waals surface area contributed by atoms with Gasteiger partial charge in [-0.05, 0) is 36.4 Å². The first kappa shape index (κ1) is 14.4. The smallest absolute Gasteiger partial charge is 0.198 e. The Morgan fingerprint density at radius 2 is 1.76 bits per heavy atom. The molecule has 0 amide bonds. The van der Waals surface area contributed by atoms with Crippen LogP contribution in [0.1, 0.15) is 15.9 Å². The number of rotatable bonds is 3. The minimum absolute atomic E-state index is 0.0660. The van der Waals surface area contributed by atoms with Gasteiger partial charge in [-0.3, -0.25) is 4.79 Å². The topological polar surface area (TPSA) is 42.1 Å². The zero-order chi connectivity index (χ0) is 15.0. The predicted molar refractivity (Wildman–Crippen MR) is 90.1 cm³/mol. The molecule has 0 saturated carbocycles. The standard InChI is InChI=1S/C16H11Br2NO2/c1-21-15-7-10(18)2-4-11(15)16(20)13-8-19-14-5-3-9(17)6-12(13)14/h2-8,19H,1H3. The SMILES string of the molecule is COc1cc(Br)ccc1C(=O)c1c[nH]c2ccc(Br)cc12. The van der Waals surface area contributed by atoms with E-state index in [1.165, 1.54) is 0 Å². The zero-order valence-corrected chi connectivity index (χ0v) is 14.3. The lowest BCUT2D eigenvalue weighted by atomic mass is 10.0. The first-order valence-electron chi connectivity index (χ1n) is 6.25. The number of fused-ring (bicyclic) bond motifs is 1. The summed E-state index contributed by atoms with van der Waals surface area (Å²) in [6.45, 7) is 0. The molecular weight excluding hydrogens is 398 g/mol. The lowest BCUT2D eigenvalue weighted by Gasteiger charge is -2.07. The second kappa shape index (κ2) is 5.66. The summed E-state index contributed by atoms with van der Waals surface area (Å²) in [6.07, 6.45) is 1.74. The maximum absolute atomic E-state index is 12.8. The van der Waals surface area contributed by atoms with E-state index >= 15 is 0 Å². The van der Waals surface area contributed by atoms with E-state index in [-0.39, 0.29) is 5.78 Å². The predicted octanol–water partition coefficient (Wildman–Crippen LogP) is 4.93. The third kappa shape index (κ3) is 2.63. The maximum atomic E-state index is 12.8. The van der Waals surface area contributed by atoms with Gasteiger partial charge in [0.15, 0.2) is 5.78 Å². The average molecular weight is 409 g/mol. The van der Waals surface area contributed by atoms with Crippen molar-refractivity contribution >= 4 is 48.5 Å². The molecular formula is C16H11Br2NO2. The first-order valence-corrected chi connectivity index (χ1v) is 7.83. The molecule has 1 N–H and O–H groups in total. The Bertz CT molecular complexity index is 839. The van der Waals surface area contributed by atoms with Gasteiger partial charge in [0, 0.05) is 31.6 Å². The third-order valence-electron chi connectivity index (χ3n) is 3.30. The summed E-state index contributed by atoms with van der Waals surface area (Å²) in [5.41, 5.74) is 2.10. The van der Waals surface area contributed by atoms with E-state index in [9.17, 15) is 4.79 Å². The third-order valence-corrected chi connectivity index (χ3v) is 4.28. The van der Waals surface area contributed by atoms with E-state index in [2.05, 4.69) is 36.8 Å². The highest BCUT2D eigenvalue weighted by Crippen LogP contribution is 2.29. The number of benzene rings is 2. The molecule has 0 aliphatic rings. The highest BCUT2D eigenvalue weighted by atomic mass is 79.9. The lowest BCUT2D eigenvalue weighted by molar-refractivity contribution is 0.103. The van der Waals surface area contributed by atoms with Crippen molar-refractivity contribution in [3.8, 4) is 5.75 Å². The molecule has 0 aliphatic heterocycles. The zero-order valence-electron chi connectivity index (χ0n) is 11.1. The fourth-order valence-corrected chi connectivity index (χ4v) is 2.98. The minimum Gasteiger partial charge on any atom is -0.496 e. The fourth-order valence-electron chi connectivity index (χ4n) is 2.28. The molecule has 1 aromatic heterocycles. The van der Waals surface area contributed by atoms with Crippen molar-refractivity contribution in [2.75, 3.05) is 7.11 Å². The molecule has 1 heterocycles. The van der Waals surface area contributed by atoms with Gasteiger partial charge in [0.2, 0.25) is 0 Å². The molecule has 0 bridgehead atoms. The van der Waals surface area contributed by atoms with Crippen LogP contribution in [0.5, 0.6) is 5.75 Å². The van der Waals surface area contributed by atoms with Crippen LogP contribution in [0.15, 0.2) is 51.5 Å².